The second-order valence-electron chi connectivity index (χ2n) is 3.38. The summed E-state index contributed by atoms with van der Waals surface area (Å²) in [4.78, 5) is 3.93. The van der Waals surface area contributed by atoms with Crippen molar-refractivity contribution in [1.82, 2.24) is 4.98 Å². The molecule has 0 fully saturated rings. The lowest BCUT2D eigenvalue weighted by Gasteiger charge is -2.18. The second-order valence-corrected chi connectivity index (χ2v) is 3.38. The van der Waals surface area contributed by atoms with Gasteiger partial charge in [-0.05, 0) is 20.8 Å². The van der Waals surface area contributed by atoms with Gasteiger partial charge < -0.3 is 9.15 Å². The number of oxazole rings is 1. The van der Waals surface area contributed by atoms with Crippen molar-refractivity contribution in [3.05, 3.63) is 18.4 Å². The summed E-state index contributed by atoms with van der Waals surface area (Å²) in [7, 11) is 0. The molecule has 1 rings (SSSR count). The van der Waals surface area contributed by atoms with Crippen molar-refractivity contribution >= 4 is 0 Å². The molecular weight excluding hydrogens is 142 g/mol. The molecule has 0 saturated carbocycles. The topological polar surface area (TPSA) is 35.3 Å². The summed E-state index contributed by atoms with van der Waals surface area (Å²) < 4.78 is 10.2. The summed E-state index contributed by atoms with van der Waals surface area (Å²) in [6.45, 7) is 6.53. The second kappa shape index (κ2) is 3.05. The van der Waals surface area contributed by atoms with E-state index in [9.17, 15) is 0 Å². The zero-order valence-electron chi connectivity index (χ0n) is 7.13. The largest absolute Gasteiger partial charge is 0.451 e. The van der Waals surface area contributed by atoms with Crippen LogP contribution in [0, 0.1) is 0 Å². The van der Waals surface area contributed by atoms with E-state index in [-0.39, 0.29) is 5.60 Å². The fraction of sp³-hybridized carbons (Fsp3) is 0.625. The van der Waals surface area contributed by atoms with Crippen LogP contribution in [0.25, 0.3) is 0 Å². The minimum atomic E-state index is -0.112. The molecule has 1 aromatic rings. The van der Waals surface area contributed by atoms with Crippen LogP contribution in [-0.2, 0) is 11.3 Å². The van der Waals surface area contributed by atoms with Crippen LogP contribution in [0.1, 0.15) is 26.5 Å². The van der Waals surface area contributed by atoms with E-state index in [0.29, 0.717) is 6.61 Å². The molecule has 0 radical (unpaired) electrons. The SMILES string of the molecule is CC(C)(C)OCc1cocn1. The Labute approximate surface area is 66.4 Å². The Hall–Kier alpha value is -0.830. The minimum absolute atomic E-state index is 0.112. The Morgan fingerprint density at radius 3 is 2.73 bits per heavy atom. The van der Waals surface area contributed by atoms with Gasteiger partial charge in [0.1, 0.15) is 12.0 Å². The maximum Gasteiger partial charge on any atom is 0.180 e. The first-order chi connectivity index (χ1) is 5.08. The van der Waals surface area contributed by atoms with Gasteiger partial charge in [0.25, 0.3) is 0 Å². The molecule has 62 valence electrons. The third-order valence-electron chi connectivity index (χ3n) is 1.14. The van der Waals surface area contributed by atoms with Crippen LogP contribution in [0.4, 0.5) is 0 Å². The molecule has 0 bridgehead atoms. The number of hydrogen-bond donors (Lipinski definition) is 0. The highest BCUT2D eigenvalue weighted by Crippen LogP contribution is 2.09. The lowest BCUT2D eigenvalue weighted by atomic mass is 10.2. The lowest BCUT2D eigenvalue weighted by molar-refractivity contribution is -0.0164. The first-order valence-corrected chi connectivity index (χ1v) is 3.59. The standard InChI is InChI=1S/C8H13NO2/c1-8(2,3)11-5-7-4-10-6-9-7/h4,6H,5H2,1-3H3. The van der Waals surface area contributed by atoms with Crippen molar-refractivity contribution in [1.29, 1.82) is 0 Å². The minimum Gasteiger partial charge on any atom is -0.451 e. The zero-order chi connectivity index (χ0) is 8.32. The molecule has 1 aromatic heterocycles. The van der Waals surface area contributed by atoms with Gasteiger partial charge in [-0.1, -0.05) is 0 Å². The van der Waals surface area contributed by atoms with Gasteiger partial charge in [0, 0.05) is 0 Å². The fourth-order valence-corrected chi connectivity index (χ4v) is 0.599. The highest BCUT2D eigenvalue weighted by atomic mass is 16.5. The monoisotopic (exact) mass is 155 g/mol. The van der Waals surface area contributed by atoms with Crippen molar-refractivity contribution in [2.45, 2.75) is 33.0 Å². The summed E-state index contributed by atoms with van der Waals surface area (Å²) in [5.74, 6) is 0. The Bertz CT molecular complexity index is 198. The van der Waals surface area contributed by atoms with E-state index in [0.717, 1.165) is 5.69 Å². The molecule has 0 unspecified atom stereocenters. The van der Waals surface area contributed by atoms with Crippen LogP contribution in [0.3, 0.4) is 0 Å². The molecule has 1 heterocycles. The Kier molecular flexibility index (Phi) is 2.29. The fourth-order valence-electron chi connectivity index (χ4n) is 0.599. The molecule has 0 aromatic carbocycles. The molecular formula is C8H13NO2. The first kappa shape index (κ1) is 8.27. The van der Waals surface area contributed by atoms with Crippen LogP contribution in [0.15, 0.2) is 17.1 Å². The van der Waals surface area contributed by atoms with E-state index in [1.807, 2.05) is 20.8 Å². The summed E-state index contributed by atoms with van der Waals surface area (Å²) in [5.41, 5.74) is 0.721. The Morgan fingerprint density at radius 1 is 1.55 bits per heavy atom. The van der Waals surface area contributed by atoms with Gasteiger partial charge in [-0.2, -0.15) is 0 Å². The third-order valence-corrected chi connectivity index (χ3v) is 1.14. The molecule has 0 N–H and O–H groups in total. The molecule has 0 saturated heterocycles. The summed E-state index contributed by atoms with van der Waals surface area (Å²) in [5, 5.41) is 0. The van der Waals surface area contributed by atoms with Crippen LogP contribution in [0.2, 0.25) is 0 Å². The van der Waals surface area contributed by atoms with Crippen LogP contribution >= 0.6 is 0 Å². The molecule has 0 aliphatic rings. The quantitative estimate of drug-likeness (QED) is 0.655. The highest BCUT2D eigenvalue weighted by molar-refractivity contribution is 4.88. The number of rotatable bonds is 2. The van der Waals surface area contributed by atoms with Gasteiger partial charge in [-0.15, -0.1) is 0 Å². The zero-order valence-corrected chi connectivity index (χ0v) is 7.13. The van der Waals surface area contributed by atoms with Gasteiger partial charge in [0.15, 0.2) is 6.39 Å². The molecule has 3 heteroatoms. The molecule has 0 amide bonds. The van der Waals surface area contributed by atoms with Crippen molar-refractivity contribution in [3.63, 3.8) is 0 Å². The molecule has 0 aliphatic carbocycles. The molecule has 0 spiro atoms. The van der Waals surface area contributed by atoms with Gasteiger partial charge in [-0.3, -0.25) is 0 Å². The number of nitrogens with zero attached hydrogens (tertiary/aromatic N) is 1. The summed E-state index contributed by atoms with van der Waals surface area (Å²) in [6, 6.07) is 0. The van der Waals surface area contributed by atoms with Crippen LogP contribution in [0.5, 0.6) is 0 Å². The van der Waals surface area contributed by atoms with Gasteiger partial charge in [0.2, 0.25) is 0 Å². The first-order valence-electron chi connectivity index (χ1n) is 3.59. The number of aromatic nitrogens is 1. The van der Waals surface area contributed by atoms with E-state index < -0.39 is 0 Å². The predicted octanol–water partition coefficient (Wildman–Crippen LogP) is 1.99. The average Bonchev–Trinajstić information content (AvgIpc) is 2.32. The van der Waals surface area contributed by atoms with Crippen molar-refractivity contribution in [2.75, 3.05) is 0 Å². The summed E-state index contributed by atoms with van der Waals surface area (Å²) >= 11 is 0. The van der Waals surface area contributed by atoms with Gasteiger partial charge >= 0.3 is 0 Å². The molecule has 0 aliphatic heterocycles. The maximum absolute atomic E-state index is 5.45. The maximum atomic E-state index is 5.45. The predicted molar refractivity (Wildman–Crippen MR) is 41.0 cm³/mol. The Balaban J connectivity index is 2.35. The van der Waals surface area contributed by atoms with E-state index in [4.69, 9.17) is 9.15 Å². The van der Waals surface area contributed by atoms with Crippen LogP contribution in [-0.4, -0.2) is 10.6 Å². The normalized spacial score (nSPS) is 11.9. The van der Waals surface area contributed by atoms with Crippen LogP contribution < -0.4 is 0 Å². The van der Waals surface area contributed by atoms with E-state index in [1.165, 1.54) is 6.39 Å². The van der Waals surface area contributed by atoms with Crippen molar-refractivity contribution in [3.8, 4) is 0 Å². The molecule has 3 nitrogen and oxygen atoms in total. The smallest absolute Gasteiger partial charge is 0.180 e. The van der Waals surface area contributed by atoms with Crippen molar-refractivity contribution in [2.24, 2.45) is 0 Å². The number of ether oxygens (including phenoxy) is 1. The molecule has 0 atom stereocenters. The lowest BCUT2D eigenvalue weighted by Crippen LogP contribution is -2.18. The molecule has 11 heavy (non-hydrogen) atoms. The third kappa shape index (κ3) is 3.18. The van der Waals surface area contributed by atoms with E-state index in [2.05, 4.69) is 4.98 Å². The van der Waals surface area contributed by atoms with E-state index in [1.54, 1.807) is 6.26 Å². The van der Waals surface area contributed by atoms with Crippen molar-refractivity contribution < 1.29 is 9.15 Å². The average molecular weight is 155 g/mol. The Morgan fingerprint density at radius 2 is 2.27 bits per heavy atom. The highest BCUT2D eigenvalue weighted by Gasteiger charge is 2.10. The number of hydrogen-bond acceptors (Lipinski definition) is 3. The van der Waals surface area contributed by atoms with Gasteiger partial charge in [-0.25, -0.2) is 4.98 Å². The summed E-state index contributed by atoms with van der Waals surface area (Å²) in [6.07, 6.45) is 2.99. The van der Waals surface area contributed by atoms with E-state index >= 15 is 0 Å². The van der Waals surface area contributed by atoms with Gasteiger partial charge in [0.05, 0.1) is 12.2 Å².